The predicted octanol–water partition coefficient (Wildman–Crippen LogP) is 3.38. The predicted molar refractivity (Wildman–Crippen MR) is 141 cm³/mol. The van der Waals surface area contributed by atoms with Crippen molar-refractivity contribution in [1.29, 1.82) is 0 Å². The largest absolute Gasteiger partial charge is 0.490 e. The summed E-state index contributed by atoms with van der Waals surface area (Å²) in [5.41, 5.74) is 1.51. The maximum Gasteiger partial charge on any atom is 0.239 e. The Morgan fingerprint density at radius 2 is 2.00 bits per heavy atom. The quantitative estimate of drug-likeness (QED) is 0.561. The van der Waals surface area contributed by atoms with E-state index in [1.54, 1.807) is 18.4 Å². The highest BCUT2D eigenvalue weighted by atomic mass is 32.1. The standard InChI is InChI=1S/C27H38N4O4S/c1-3-27(31-12-14-34-15-13-31)9-6-19(7-10-27)35-20-8-11-29-26-25(20)24-18(4-5-21(24)36-26)16-22(32)30-17-23(33)28-2/h8,11,18-19H,3-7,9-10,12-17H2,1-2H3,(H,28,33)(H,30,32)/t18-,19?,27?/m1/s1. The monoisotopic (exact) mass is 514 g/mol. The Morgan fingerprint density at radius 3 is 2.72 bits per heavy atom. The summed E-state index contributed by atoms with van der Waals surface area (Å²) in [4.78, 5) is 33.7. The molecule has 196 valence electrons. The Bertz CT molecular complexity index is 1090. The van der Waals surface area contributed by atoms with Crippen LogP contribution in [0.15, 0.2) is 12.3 Å². The number of ether oxygens (including phenoxy) is 2. The summed E-state index contributed by atoms with van der Waals surface area (Å²) in [6, 6.07) is 2.00. The molecule has 1 saturated carbocycles. The van der Waals surface area contributed by atoms with E-state index in [1.165, 1.54) is 16.9 Å². The second-order valence-electron chi connectivity index (χ2n) is 10.3. The van der Waals surface area contributed by atoms with Gasteiger partial charge >= 0.3 is 0 Å². The zero-order valence-electron chi connectivity index (χ0n) is 21.4. The average molecular weight is 515 g/mol. The molecule has 2 N–H and O–H groups in total. The number of morpholine rings is 1. The normalized spacial score (nSPS) is 26.5. The molecule has 2 aromatic heterocycles. The van der Waals surface area contributed by atoms with E-state index in [9.17, 15) is 9.59 Å². The van der Waals surface area contributed by atoms with E-state index in [1.807, 2.05) is 12.3 Å². The molecule has 3 aliphatic rings. The molecule has 5 rings (SSSR count). The van der Waals surface area contributed by atoms with Crippen LogP contribution in [0.2, 0.25) is 0 Å². The summed E-state index contributed by atoms with van der Waals surface area (Å²) in [7, 11) is 1.57. The van der Waals surface area contributed by atoms with Crippen molar-refractivity contribution in [3.63, 3.8) is 0 Å². The third kappa shape index (κ3) is 5.10. The lowest BCUT2D eigenvalue weighted by Crippen LogP contribution is -2.55. The summed E-state index contributed by atoms with van der Waals surface area (Å²) in [5.74, 6) is 0.763. The van der Waals surface area contributed by atoms with E-state index >= 15 is 0 Å². The van der Waals surface area contributed by atoms with Gasteiger partial charge in [0.2, 0.25) is 11.8 Å². The zero-order valence-corrected chi connectivity index (χ0v) is 22.3. The number of carbonyl (C=O) groups is 2. The van der Waals surface area contributed by atoms with Gasteiger partial charge in [-0.05, 0) is 62.5 Å². The summed E-state index contributed by atoms with van der Waals surface area (Å²) < 4.78 is 12.3. The number of fused-ring (bicyclic) bond motifs is 3. The fourth-order valence-corrected chi connectivity index (χ4v) is 7.61. The van der Waals surface area contributed by atoms with E-state index in [0.717, 1.165) is 80.8 Å². The molecule has 1 aliphatic heterocycles. The highest BCUT2D eigenvalue weighted by Crippen LogP contribution is 2.48. The first-order valence-corrected chi connectivity index (χ1v) is 14.2. The summed E-state index contributed by atoms with van der Waals surface area (Å²) in [6.45, 7) is 6.08. The number of hydrogen-bond donors (Lipinski definition) is 2. The Balaban J connectivity index is 1.29. The number of pyridine rings is 1. The van der Waals surface area contributed by atoms with E-state index in [0.29, 0.717) is 6.42 Å². The lowest BCUT2D eigenvalue weighted by atomic mass is 9.77. The minimum Gasteiger partial charge on any atom is -0.490 e. The van der Waals surface area contributed by atoms with Gasteiger partial charge in [-0.2, -0.15) is 0 Å². The molecule has 0 bridgehead atoms. The van der Waals surface area contributed by atoms with Crippen molar-refractivity contribution < 1.29 is 19.1 Å². The second-order valence-corrected chi connectivity index (χ2v) is 11.4. The van der Waals surface area contributed by atoms with Crippen molar-refractivity contribution in [3.05, 3.63) is 22.7 Å². The molecule has 1 saturated heterocycles. The third-order valence-corrected chi connectivity index (χ3v) is 9.62. The van der Waals surface area contributed by atoms with Crippen LogP contribution in [0.4, 0.5) is 0 Å². The molecule has 2 aromatic rings. The van der Waals surface area contributed by atoms with Crippen molar-refractivity contribution in [3.8, 4) is 5.75 Å². The van der Waals surface area contributed by atoms with Gasteiger partial charge in [-0.3, -0.25) is 14.5 Å². The SMILES string of the molecule is CCC1(N2CCOCC2)CCC(Oc2ccnc3sc4c(c23)[C@@H](CC(=O)NCC(=O)NC)CC4)CC1. The van der Waals surface area contributed by atoms with Gasteiger partial charge in [0.25, 0.3) is 0 Å². The van der Waals surface area contributed by atoms with Crippen LogP contribution in [-0.2, 0) is 20.7 Å². The first kappa shape index (κ1) is 25.4. The van der Waals surface area contributed by atoms with Gasteiger partial charge in [-0.25, -0.2) is 4.98 Å². The van der Waals surface area contributed by atoms with Gasteiger partial charge in [0.1, 0.15) is 10.6 Å². The summed E-state index contributed by atoms with van der Waals surface area (Å²) in [6.07, 6.45) is 9.90. The van der Waals surface area contributed by atoms with Crippen LogP contribution in [-0.4, -0.2) is 73.2 Å². The highest BCUT2D eigenvalue weighted by molar-refractivity contribution is 7.19. The molecule has 2 fully saturated rings. The van der Waals surface area contributed by atoms with Crippen molar-refractivity contribution in [1.82, 2.24) is 20.5 Å². The lowest BCUT2D eigenvalue weighted by Gasteiger charge is -2.49. The molecule has 3 heterocycles. The van der Waals surface area contributed by atoms with Gasteiger partial charge in [0.15, 0.2) is 0 Å². The van der Waals surface area contributed by atoms with E-state index < -0.39 is 0 Å². The molecule has 0 aromatic carbocycles. The van der Waals surface area contributed by atoms with Gasteiger partial charge in [-0.15, -0.1) is 11.3 Å². The fourth-order valence-electron chi connectivity index (χ4n) is 6.35. The number of thiophene rings is 1. The molecular weight excluding hydrogens is 476 g/mol. The Labute approximate surface area is 217 Å². The van der Waals surface area contributed by atoms with Crippen LogP contribution in [0.5, 0.6) is 5.75 Å². The smallest absolute Gasteiger partial charge is 0.239 e. The molecule has 2 amide bonds. The Hall–Kier alpha value is -2.23. The topological polar surface area (TPSA) is 92.8 Å². The van der Waals surface area contributed by atoms with Crippen LogP contribution < -0.4 is 15.4 Å². The summed E-state index contributed by atoms with van der Waals surface area (Å²) >= 11 is 1.73. The fraction of sp³-hybridized carbons (Fsp3) is 0.667. The van der Waals surface area contributed by atoms with Crippen LogP contribution in [0.3, 0.4) is 0 Å². The summed E-state index contributed by atoms with van der Waals surface area (Å²) in [5, 5.41) is 6.38. The number of rotatable bonds is 8. The second kappa shape index (κ2) is 11.0. The highest BCUT2D eigenvalue weighted by Gasteiger charge is 2.40. The number of carbonyl (C=O) groups excluding carboxylic acids is 2. The van der Waals surface area contributed by atoms with Crippen LogP contribution in [0.1, 0.15) is 68.2 Å². The first-order chi connectivity index (χ1) is 17.5. The number of aromatic nitrogens is 1. The van der Waals surface area contributed by atoms with Gasteiger partial charge in [-0.1, -0.05) is 6.92 Å². The van der Waals surface area contributed by atoms with Crippen molar-refractivity contribution in [2.24, 2.45) is 0 Å². The number of hydrogen-bond acceptors (Lipinski definition) is 7. The maximum absolute atomic E-state index is 12.6. The molecule has 9 heteroatoms. The number of amides is 2. The average Bonchev–Trinajstić information content (AvgIpc) is 3.48. The van der Waals surface area contributed by atoms with E-state index in [4.69, 9.17) is 9.47 Å². The van der Waals surface area contributed by atoms with E-state index in [2.05, 4.69) is 27.4 Å². The van der Waals surface area contributed by atoms with E-state index in [-0.39, 0.29) is 35.9 Å². The zero-order chi connectivity index (χ0) is 25.1. The minimum absolute atomic E-state index is 0.0145. The molecule has 1 atom stereocenters. The molecular formula is C27H38N4O4S. The number of nitrogens with zero attached hydrogens (tertiary/aromatic N) is 2. The van der Waals surface area contributed by atoms with Crippen LogP contribution in [0.25, 0.3) is 10.2 Å². The van der Waals surface area contributed by atoms with Gasteiger partial charge in [0.05, 0.1) is 31.2 Å². The molecule has 8 nitrogen and oxygen atoms in total. The van der Waals surface area contributed by atoms with Gasteiger partial charge in [0, 0.05) is 43.2 Å². The van der Waals surface area contributed by atoms with Crippen LogP contribution in [0, 0.1) is 0 Å². The maximum atomic E-state index is 12.6. The van der Waals surface area contributed by atoms with Gasteiger partial charge < -0.3 is 20.1 Å². The van der Waals surface area contributed by atoms with Crippen molar-refractivity contribution in [2.75, 3.05) is 39.9 Å². The molecule has 2 aliphatic carbocycles. The van der Waals surface area contributed by atoms with Crippen molar-refractivity contribution >= 4 is 33.4 Å². The molecule has 0 unspecified atom stereocenters. The Kier molecular flexibility index (Phi) is 7.79. The number of aryl methyl sites for hydroxylation is 1. The number of likely N-dealkylation sites (N-methyl/N-ethyl adjacent to an activating group) is 1. The minimum atomic E-state index is -0.190. The third-order valence-electron chi connectivity index (χ3n) is 8.45. The number of nitrogens with one attached hydrogen (secondary N) is 2. The lowest BCUT2D eigenvalue weighted by molar-refractivity contribution is -0.126. The molecule has 0 radical (unpaired) electrons. The van der Waals surface area contributed by atoms with Crippen LogP contribution >= 0.6 is 11.3 Å². The first-order valence-electron chi connectivity index (χ1n) is 13.4. The Morgan fingerprint density at radius 1 is 1.22 bits per heavy atom. The molecule has 0 spiro atoms. The molecule has 36 heavy (non-hydrogen) atoms. The van der Waals surface area contributed by atoms with Crippen molar-refractivity contribution in [2.45, 2.75) is 75.9 Å².